The summed E-state index contributed by atoms with van der Waals surface area (Å²) in [6.45, 7) is 4.61. The van der Waals surface area contributed by atoms with Gasteiger partial charge in [0.1, 0.15) is 11.5 Å². The molecule has 2 aromatic rings. The normalized spacial score (nSPS) is 11.0. The molecule has 0 aliphatic heterocycles. The van der Waals surface area contributed by atoms with Crippen LogP contribution in [0.25, 0.3) is 0 Å². The third-order valence-electron chi connectivity index (χ3n) is 4.26. The Morgan fingerprint density at radius 1 is 0.682 bits per heavy atom. The highest BCUT2D eigenvalue weighted by Gasteiger charge is 2.15. The monoisotopic (exact) mass is 298 g/mol. The molecule has 0 fully saturated rings. The fraction of sp³-hybridized carbons (Fsp3) is 0.400. The van der Waals surface area contributed by atoms with Crippen molar-refractivity contribution in [2.75, 3.05) is 14.2 Å². The molecular weight excluding hydrogens is 272 g/mol. The Hall–Kier alpha value is -1.96. The van der Waals surface area contributed by atoms with Gasteiger partial charge >= 0.3 is 0 Å². The van der Waals surface area contributed by atoms with Gasteiger partial charge in [0.15, 0.2) is 0 Å². The molecule has 2 nitrogen and oxygen atoms in total. The minimum Gasteiger partial charge on any atom is -0.497 e. The first-order chi connectivity index (χ1) is 10.6. The summed E-state index contributed by atoms with van der Waals surface area (Å²) >= 11 is 0. The predicted molar refractivity (Wildman–Crippen MR) is 91.7 cm³/mol. The molecule has 2 rings (SSSR count). The van der Waals surface area contributed by atoms with Gasteiger partial charge in [-0.25, -0.2) is 0 Å². The first-order valence-corrected chi connectivity index (χ1v) is 7.88. The standard InChI is InChI=1S/C20H26O2/c1-15(2)18(13-16-5-9-19(21-3)10-6-16)14-17-7-11-20(22-4)12-8-17/h5-12,15,18H,13-14H2,1-4H3. The molecular formula is C20H26O2. The Morgan fingerprint density at radius 3 is 1.32 bits per heavy atom. The summed E-state index contributed by atoms with van der Waals surface area (Å²) in [5, 5.41) is 0. The molecule has 0 amide bonds. The third-order valence-corrected chi connectivity index (χ3v) is 4.26. The van der Waals surface area contributed by atoms with Crippen LogP contribution in [0.1, 0.15) is 25.0 Å². The minimum absolute atomic E-state index is 0.627. The molecule has 0 aliphatic rings. The highest BCUT2D eigenvalue weighted by Crippen LogP contribution is 2.24. The van der Waals surface area contributed by atoms with E-state index in [1.165, 1.54) is 11.1 Å². The van der Waals surface area contributed by atoms with Crippen molar-refractivity contribution in [3.63, 3.8) is 0 Å². The van der Waals surface area contributed by atoms with Gasteiger partial charge in [-0.15, -0.1) is 0 Å². The summed E-state index contributed by atoms with van der Waals surface area (Å²) in [4.78, 5) is 0. The average Bonchev–Trinajstić information content (AvgIpc) is 2.55. The van der Waals surface area contributed by atoms with Crippen LogP contribution in [0.15, 0.2) is 48.5 Å². The van der Waals surface area contributed by atoms with Gasteiger partial charge < -0.3 is 9.47 Å². The Kier molecular flexibility index (Phi) is 5.88. The van der Waals surface area contributed by atoms with Crippen LogP contribution in [0.5, 0.6) is 11.5 Å². The van der Waals surface area contributed by atoms with E-state index in [0.29, 0.717) is 11.8 Å². The van der Waals surface area contributed by atoms with Crippen LogP contribution in [0, 0.1) is 11.8 Å². The smallest absolute Gasteiger partial charge is 0.118 e. The molecule has 2 aromatic carbocycles. The summed E-state index contributed by atoms with van der Waals surface area (Å²) in [5.41, 5.74) is 2.74. The molecule has 0 bridgehead atoms. The zero-order chi connectivity index (χ0) is 15.9. The fourth-order valence-corrected chi connectivity index (χ4v) is 2.67. The lowest BCUT2D eigenvalue weighted by Crippen LogP contribution is -2.15. The summed E-state index contributed by atoms with van der Waals surface area (Å²) in [6.07, 6.45) is 2.18. The van der Waals surface area contributed by atoms with Crippen LogP contribution >= 0.6 is 0 Å². The van der Waals surface area contributed by atoms with E-state index in [-0.39, 0.29) is 0 Å². The third kappa shape index (κ3) is 4.52. The molecule has 0 radical (unpaired) electrons. The summed E-state index contributed by atoms with van der Waals surface area (Å²) in [5.74, 6) is 3.10. The largest absolute Gasteiger partial charge is 0.497 e. The van der Waals surface area contributed by atoms with Gasteiger partial charge in [-0.3, -0.25) is 0 Å². The van der Waals surface area contributed by atoms with Gasteiger partial charge in [-0.1, -0.05) is 38.1 Å². The van der Waals surface area contributed by atoms with E-state index in [9.17, 15) is 0 Å². The Labute approximate surface area is 134 Å². The van der Waals surface area contributed by atoms with Gasteiger partial charge in [0.25, 0.3) is 0 Å². The van der Waals surface area contributed by atoms with E-state index in [1.54, 1.807) is 14.2 Å². The highest BCUT2D eigenvalue weighted by molar-refractivity contribution is 5.29. The van der Waals surface area contributed by atoms with Crippen LogP contribution in [-0.2, 0) is 12.8 Å². The summed E-state index contributed by atoms with van der Waals surface area (Å²) < 4.78 is 10.5. The second-order valence-corrected chi connectivity index (χ2v) is 6.11. The molecule has 0 spiro atoms. The first kappa shape index (κ1) is 16.4. The second kappa shape index (κ2) is 7.88. The molecule has 0 heterocycles. The lowest BCUT2D eigenvalue weighted by molar-refractivity contribution is 0.378. The van der Waals surface area contributed by atoms with E-state index in [2.05, 4.69) is 38.1 Å². The lowest BCUT2D eigenvalue weighted by Gasteiger charge is -2.21. The molecule has 2 heteroatoms. The average molecular weight is 298 g/mol. The van der Waals surface area contributed by atoms with E-state index >= 15 is 0 Å². The number of rotatable bonds is 7. The minimum atomic E-state index is 0.627. The van der Waals surface area contributed by atoms with Crippen molar-refractivity contribution in [2.45, 2.75) is 26.7 Å². The molecule has 0 N–H and O–H groups in total. The maximum atomic E-state index is 5.23. The van der Waals surface area contributed by atoms with Gasteiger partial charge in [-0.2, -0.15) is 0 Å². The van der Waals surface area contributed by atoms with Crippen LogP contribution in [0.4, 0.5) is 0 Å². The molecule has 0 saturated carbocycles. The molecule has 0 aliphatic carbocycles. The summed E-state index contributed by atoms with van der Waals surface area (Å²) in [7, 11) is 3.41. The number of ether oxygens (including phenoxy) is 2. The van der Waals surface area contributed by atoms with Crippen molar-refractivity contribution in [2.24, 2.45) is 11.8 Å². The highest BCUT2D eigenvalue weighted by atomic mass is 16.5. The molecule has 0 saturated heterocycles. The Balaban J connectivity index is 2.05. The van der Waals surface area contributed by atoms with Crippen LogP contribution < -0.4 is 9.47 Å². The first-order valence-electron chi connectivity index (χ1n) is 7.88. The van der Waals surface area contributed by atoms with E-state index in [0.717, 1.165) is 24.3 Å². The number of hydrogen-bond donors (Lipinski definition) is 0. The van der Waals surface area contributed by atoms with E-state index < -0.39 is 0 Å². The molecule has 0 aromatic heterocycles. The van der Waals surface area contributed by atoms with Gasteiger partial charge in [0.2, 0.25) is 0 Å². The quantitative estimate of drug-likeness (QED) is 0.733. The lowest BCUT2D eigenvalue weighted by atomic mass is 9.84. The molecule has 118 valence electrons. The second-order valence-electron chi connectivity index (χ2n) is 6.11. The predicted octanol–water partition coefficient (Wildman–Crippen LogP) is 4.76. The molecule has 0 atom stereocenters. The van der Waals surface area contributed by atoms with E-state index in [4.69, 9.17) is 9.47 Å². The van der Waals surface area contributed by atoms with Crippen molar-refractivity contribution in [3.05, 3.63) is 59.7 Å². The van der Waals surface area contributed by atoms with Crippen molar-refractivity contribution < 1.29 is 9.47 Å². The van der Waals surface area contributed by atoms with Gasteiger partial charge in [-0.05, 0) is 60.1 Å². The SMILES string of the molecule is COc1ccc(CC(Cc2ccc(OC)cc2)C(C)C)cc1. The van der Waals surface area contributed by atoms with Crippen molar-refractivity contribution in [3.8, 4) is 11.5 Å². The van der Waals surface area contributed by atoms with Gasteiger partial charge in [0.05, 0.1) is 14.2 Å². The molecule has 22 heavy (non-hydrogen) atoms. The Morgan fingerprint density at radius 2 is 1.05 bits per heavy atom. The van der Waals surface area contributed by atoms with E-state index in [1.807, 2.05) is 24.3 Å². The van der Waals surface area contributed by atoms with Crippen LogP contribution in [0.3, 0.4) is 0 Å². The number of hydrogen-bond acceptors (Lipinski definition) is 2. The maximum absolute atomic E-state index is 5.23. The van der Waals surface area contributed by atoms with Crippen molar-refractivity contribution in [1.82, 2.24) is 0 Å². The van der Waals surface area contributed by atoms with Crippen LogP contribution in [-0.4, -0.2) is 14.2 Å². The zero-order valence-electron chi connectivity index (χ0n) is 14.0. The fourth-order valence-electron chi connectivity index (χ4n) is 2.67. The number of methoxy groups -OCH3 is 2. The summed E-state index contributed by atoms with van der Waals surface area (Å²) in [6, 6.07) is 16.8. The molecule has 0 unspecified atom stereocenters. The van der Waals surface area contributed by atoms with Crippen LogP contribution in [0.2, 0.25) is 0 Å². The topological polar surface area (TPSA) is 18.5 Å². The number of benzene rings is 2. The van der Waals surface area contributed by atoms with Crippen molar-refractivity contribution in [1.29, 1.82) is 0 Å². The van der Waals surface area contributed by atoms with Gasteiger partial charge in [0, 0.05) is 0 Å². The maximum Gasteiger partial charge on any atom is 0.118 e. The van der Waals surface area contributed by atoms with Crippen molar-refractivity contribution >= 4 is 0 Å². The Bertz CT molecular complexity index is 506. The zero-order valence-corrected chi connectivity index (χ0v) is 14.0.